The van der Waals surface area contributed by atoms with Gasteiger partial charge in [-0.15, -0.1) is 0 Å². The molecule has 0 aromatic heterocycles. The van der Waals surface area contributed by atoms with Crippen LogP contribution in [0.2, 0.25) is 10.0 Å². The van der Waals surface area contributed by atoms with Crippen LogP contribution in [0.1, 0.15) is 22.0 Å². The lowest BCUT2D eigenvalue weighted by molar-refractivity contribution is -0.0228. The van der Waals surface area contributed by atoms with Gasteiger partial charge in [-0.2, -0.15) is 0 Å². The average Bonchev–Trinajstić information content (AvgIpc) is 2.57. The summed E-state index contributed by atoms with van der Waals surface area (Å²) in [4.78, 5) is 14.4. The minimum atomic E-state index is -0.0957. The number of hydrogen-bond donors (Lipinski definition) is 0. The smallest absolute Gasteiger partial charge is 0.254 e. The quantitative estimate of drug-likeness (QED) is 0.822. The van der Waals surface area contributed by atoms with Gasteiger partial charge in [0, 0.05) is 12.1 Å². The fraction of sp³-hybridized carbons (Fsp3) is 0.235. The molecule has 5 heteroatoms. The first kappa shape index (κ1) is 15.3. The monoisotopic (exact) mass is 335 g/mol. The van der Waals surface area contributed by atoms with Crippen molar-refractivity contribution in [3.05, 3.63) is 69.7 Å². The first-order valence-corrected chi connectivity index (χ1v) is 7.81. The van der Waals surface area contributed by atoms with Crippen LogP contribution in [-0.4, -0.2) is 30.5 Å². The number of carbonyl (C=O) groups excluding carboxylic acids is 1. The zero-order valence-corrected chi connectivity index (χ0v) is 13.3. The number of carbonyl (C=O) groups is 1. The van der Waals surface area contributed by atoms with Gasteiger partial charge in [0.2, 0.25) is 0 Å². The summed E-state index contributed by atoms with van der Waals surface area (Å²) in [5.74, 6) is -0.0530. The predicted octanol–water partition coefficient (Wildman–Crippen LogP) is 4.21. The Bertz CT molecular complexity index is 676. The van der Waals surface area contributed by atoms with Crippen LogP contribution < -0.4 is 0 Å². The summed E-state index contributed by atoms with van der Waals surface area (Å²) in [7, 11) is 0. The summed E-state index contributed by atoms with van der Waals surface area (Å²) < 4.78 is 5.78. The summed E-state index contributed by atoms with van der Waals surface area (Å²) in [5.41, 5.74) is 1.62. The van der Waals surface area contributed by atoms with Crippen molar-refractivity contribution in [3.63, 3.8) is 0 Å². The van der Waals surface area contributed by atoms with E-state index in [1.165, 1.54) is 0 Å². The lowest BCUT2D eigenvalue weighted by Gasteiger charge is -2.33. The number of morpholine rings is 1. The Labute approximate surface area is 139 Å². The van der Waals surface area contributed by atoms with E-state index in [0.717, 1.165) is 5.56 Å². The Morgan fingerprint density at radius 1 is 1.09 bits per heavy atom. The van der Waals surface area contributed by atoms with Crippen LogP contribution in [0.3, 0.4) is 0 Å². The molecule has 114 valence electrons. The van der Waals surface area contributed by atoms with E-state index in [-0.39, 0.29) is 12.0 Å². The number of nitrogens with zero attached hydrogens (tertiary/aromatic N) is 1. The van der Waals surface area contributed by atoms with Crippen molar-refractivity contribution in [3.8, 4) is 0 Å². The Hall–Kier alpha value is -1.55. The number of amides is 1. The van der Waals surface area contributed by atoms with Crippen molar-refractivity contribution < 1.29 is 9.53 Å². The van der Waals surface area contributed by atoms with Crippen molar-refractivity contribution in [2.45, 2.75) is 6.10 Å². The molecule has 1 aliphatic heterocycles. The highest BCUT2D eigenvalue weighted by Crippen LogP contribution is 2.26. The van der Waals surface area contributed by atoms with Gasteiger partial charge in [0.1, 0.15) is 6.10 Å². The first-order chi connectivity index (χ1) is 10.6. The maximum atomic E-state index is 12.6. The van der Waals surface area contributed by atoms with Gasteiger partial charge in [0.25, 0.3) is 5.91 Å². The number of halogens is 2. The Morgan fingerprint density at radius 3 is 2.59 bits per heavy atom. The molecule has 1 amide bonds. The molecule has 3 rings (SSSR count). The lowest BCUT2D eigenvalue weighted by Crippen LogP contribution is -2.42. The number of ether oxygens (including phenoxy) is 1. The highest BCUT2D eigenvalue weighted by molar-refractivity contribution is 6.42. The van der Waals surface area contributed by atoms with E-state index < -0.39 is 0 Å². The molecule has 1 saturated heterocycles. The molecule has 2 aromatic rings. The van der Waals surface area contributed by atoms with Crippen molar-refractivity contribution in [2.75, 3.05) is 19.7 Å². The van der Waals surface area contributed by atoms with Gasteiger partial charge in [-0.25, -0.2) is 0 Å². The van der Waals surface area contributed by atoms with Gasteiger partial charge in [0.15, 0.2) is 0 Å². The maximum Gasteiger partial charge on any atom is 0.254 e. The molecule has 0 saturated carbocycles. The minimum absolute atomic E-state index is 0.0530. The van der Waals surface area contributed by atoms with Crippen LogP contribution in [0.4, 0.5) is 0 Å². The van der Waals surface area contributed by atoms with Crippen molar-refractivity contribution in [1.82, 2.24) is 4.90 Å². The van der Waals surface area contributed by atoms with Gasteiger partial charge >= 0.3 is 0 Å². The second kappa shape index (κ2) is 6.69. The lowest BCUT2D eigenvalue weighted by atomic mass is 10.1. The molecule has 0 radical (unpaired) electrons. The van der Waals surface area contributed by atoms with E-state index in [0.29, 0.717) is 35.3 Å². The molecule has 1 aliphatic rings. The molecule has 2 aromatic carbocycles. The largest absolute Gasteiger partial charge is 0.370 e. The van der Waals surface area contributed by atoms with Crippen molar-refractivity contribution in [1.29, 1.82) is 0 Å². The SMILES string of the molecule is O=C(c1ccc(Cl)c(Cl)c1)N1CCO[C@H](c2ccccc2)C1. The average molecular weight is 336 g/mol. The van der Waals surface area contributed by atoms with Gasteiger partial charge < -0.3 is 9.64 Å². The zero-order valence-electron chi connectivity index (χ0n) is 11.8. The molecule has 0 unspecified atom stereocenters. The molecule has 0 N–H and O–H groups in total. The number of rotatable bonds is 2. The normalized spacial score (nSPS) is 18.3. The number of benzene rings is 2. The summed E-state index contributed by atoms with van der Waals surface area (Å²) >= 11 is 11.9. The van der Waals surface area contributed by atoms with Crippen LogP contribution in [0, 0.1) is 0 Å². The summed E-state index contributed by atoms with van der Waals surface area (Å²) in [6.07, 6.45) is -0.0957. The van der Waals surface area contributed by atoms with Crippen LogP contribution in [0.5, 0.6) is 0 Å². The van der Waals surface area contributed by atoms with Crippen LogP contribution >= 0.6 is 23.2 Å². The van der Waals surface area contributed by atoms with E-state index in [4.69, 9.17) is 27.9 Å². The van der Waals surface area contributed by atoms with Gasteiger partial charge in [-0.05, 0) is 23.8 Å². The molecule has 1 heterocycles. The highest BCUT2D eigenvalue weighted by atomic mass is 35.5. The molecular formula is C17H15Cl2NO2. The summed E-state index contributed by atoms with van der Waals surface area (Å²) in [6.45, 7) is 1.62. The number of hydrogen-bond acceptors (Lipinski definition) is 2. The van der Waals surface area contributed by atoms with Crippen LogP contribution in [-0.2, 0) is 4.74 Å². The van der Waals surface area contributed by atoms with Gasteiger partial charge in [-0.1, -0.05) is 53.5 Å². The van der Waals surface area contributed by atoms with Crippen molar-refractivity contribution in [2.24, 2.45) is 0 Å². The third kappa shape index (κ3) is 3.27. The molecular weight excluding hydrogens is 321 g/mol. The second-order valence-electron chi connectivity index (χ2n) is 5.15. The first-order valence-electron chi connectivity index (χ1n) is 7.06. The van der Waals surface area contributed by atoms with Crippen LogP contribution in [0.25, 0.3) is 0 Å². The summed E-state index contributed by atoms with van der Waals surface area (Å²) in [5, 5.41) is 0.836. The van der Waals surface area contributed by atoms with Gasteiger partial charge in [-0.3, -0.25) is 4.79 Å². The standard InChI is InChI=1S/C17H15Cl2NO2/c18-14-7-6-13(10-15(14)19)17(21)20-8-9-22-16(11-20)12-4-2-1-3-5-12/h1-7,10,16H,8-9,11H2/t16-/m0/s1. The minimum Gasteiger partial charge on any atom is -0.370 e. The Kier molecular flexibility index (Phi) is 4.67. The van der Waals surface area contributed by atoms with E-state index in [2.05, 4.69) is 0 Å². The van der Waals surface area contributed by atoms with Crippen molar-refractivity contribution >= 4 is 29.1 Å². The molecule has 1 fully saturated rings. The fourth-order valence-electron chi connectivity index (χ4n) is 2.51. The zero-order chi connectivity index (χ0) is 15.5. The van der Waals surface area contributed by atoms with E-state index in [1.807, 2.05) is 30.3 Å². The molecule has 3 nitrogen and oxygen atoms in total. The Morgan fingerprint density at radius 2 is 1.86 bits per heavy atom. The maximum absolute atomic E-state index is 12.6. The van der Waals surface area contributed by atoms with E-state index >= 15 is 0 Å². The molecule has 0 spiro atoms. The Balaban J connectivity index is 1.76. The molecule has 1 atom stereocenters. The third-order valence-electron chi connectivity index (χ3n) is 3.69. The van der Waals surface area contributed by atoms with Gasteiger partial charge in [0.05, 0.1) is 23.2 Å². The second-order valence-corrected chi connectivity index (χ2v) is 5.96. The summed E-state index contributed by atoms with van der Waals surface area (Å²) in [6, 6.07) is 14.9. The highest BCUT2D eigenvalue weighted by Gasteiger charge is 2.26. The predicted molar refractivity (Wildman–Crippen MR) is 87.5 cm³/mol. The van der Waals surface area contributed by atoms with Crippen LogP contribution in [0.15, 0.2) is 48.5 Å². The molecule has 0 aliphatic carbocycles. The topological polar surface area (TPSA) is 29.5 Å². The van der Waals surface area contributed by atoms with E-state index in [9.17, 15) is 4.79 Å². The fourth-order valence-corrected chi connectivity index (χ4v) is 2.81. The third-order valence-corrected chi connectivity index (χ3v) is 4.43. The molecule has 0 bridgehead atoms. The molecule has 22 heavy (non-hydrogen) atoms. The van der Waals surface area contributed by atoms with E-state index in [1.54, 1.807) is 23.1 Å².